The predicted molar refractivity (Wildman–Crippen MR) is 66.3 cm³/mol. The molecule has 0 radical (unpaired) electrons. The van der Waals surface area contributed by atoms with Crippen LogP contribution in [0, 0.1) is 0 Å². The van der Waals surface area contributed by atoms with Gasteiger partial charge < -0.3 is 4.98 Å². The number of aromatic nitrogens is 2. The predicted octanol–water partition coefficient (Wildman–Crippen LogP) is 4.13. The van der Waals surface area contributed by atoms with Crippen LogP contribution in [-0.4, -0.2) is 9.97 Å². The third-order valence-corrected chi connectivity index (χ3v) is 3.03. The van der Waals surface area contributed by atoms with Gasteiger partial charge in [0.1, 0.15) is 0 Å². The lowest BCUT2D eigenvalue weighted by Crippen LogP contribution is -1.73. The van der Waals surface area contributed by atoms with Crippen molar-refractivity contribution in [1.29, 1.82) is 0 Å². The van der Waals surface area contributed by atoms with Gasteiger partial charge >= 0.3 is 0 Å². The zero-order valence-electron chi connectivity index (χ0n) is 7.59. The summed E-state index contributed by atoms with van der Waals surface area (Å²) in [7, 11) is 0. The van der Waals surface area contributed by atoms with Crippen LogP contribution in [0.5, 0.6) is 0 Å². The lowest BCUT2D eigenvalue weighted by Gasteiger charge is -1.91. The van der Waals surface area contributed by atoms with Crippen molar-refractivity contribution in [1.82, 2.24) is 9.97 Å². The van der Waals surface area contributed by atoms with Crippen molar-refractivity contribution >= 4 is 49.5 Å². The van der Waals surface area contributed by atoms with E-state index in [1.165, 1.54) is 0 Å². The normalized spacial score (nSPS) is 11.3. The van der Waals surface area contributed by atoms with Crippen LogP contribution in [0.3, 0.4) is 0 Å². The molecule has 2 aromatic heterocycles. The fraction of sp³-hybridized carbons (Fsp3) is 0. The molecule has 0 spiro atoms. The Bertz CT molecular complexity index is 604. The molecule has 0 saturated carbocycles. The molecule has 0 saturated heterocycles. The third kappa shape index (κ3) is 1.43. The van der Waals surface area contributed by atoms with Crippen molar-refractivity contribution in [3.8, 4) is 0 Å². The molecule has 0 amide bonds. The van der Waals surface area contributed by atoms with E-state index in [1.54, 1.807) is 6.20 Å². The number of fused-ring (bicyclic) bond motifs is 3. The topological polar surface area (TPSA) is 28.7 Å². The molecule has 2 nitrogen and oxygen atoms in total. The molecule has 1 aromatic carbocycles. The minimum absolute atomic E-state index is 0.730. The summed E-state index contributed by atoms with van der Waals surface area (Å²) >= 11 is 9.32. The molecule has 0 aliphatic heterocycles. The standard InChI is InChI=1S/C11H6BrClN2/c12-6-3-10-11(14-5-6)8-2-1-7(13)4-9(8)15-10/h1-5,15H. The number of nitrogens with zero attached hydrogens (tertiary/aromatic N) is 1. The maximum atomic E-state index is 5.93. The van der Waals surface area contributed by atoms with Crippen LogP contribution in [0.25, 0.3) is 21.9 Å². The first-order chi connectivity index (χ1) is 7.24. The van der Waals surface area contributed by atoms with Crippen molar-refractivity contribution in [3.05, 3.63) is 40.0 Å². The molecule has 15 heavy (non-hydrogen) atoms. The molecular weight excluding hydrogens is 275 g/mol. The summed E-state index contributed by atoms with van der Waals surface area (Å²) in [6.07, 6.45) is 1.80. The highest BCUT2D eigenvalue weighted by atomic mass is 79.9. The van der Waals surface area contributed by atoms with Crippen LogP contribution in [0.2, 0.25) is 5.02 Å². The molecule has 3 rings (SSSR count). The van der Waals surface area contributed by atoms with E-state index >= 15 is 0 Å². The van der Waals surface area contributed by atoms with Gasteiger partial charge in [-0.3, -0.25) is 4.98 Å². The molecule has 0 aliphatic rings. The summed E-state index contributed by atoms with van der Waals surface area (Å²) in [6, 6.07) is 7.78. The Kier molecular flexibility index (Phi) is 1.97. The van der Waals surface area contributed by atoms with Crippen molar-refractivity contribution in [2.75, 3.05) is 0 Å². The number of hydrogen-bond donors (Lipinski definition) is 1. The number of aromatic amines is 1. The van der Waals surface area contributed by atoms with E-state index in [1.807, 2.05) is 24.3 Å². The highest BCUT2D eigenvalue weighted by molar-refractivity contribution is 9.10. The molecular formula is C11H6BrClN2. The number of pyridine rings is 1. The van der Waals surface area contributed by atoms with Gasteiger partial charge in [0.15, 0.2) is 0 Å². The van der Waals surface area contributed by atoms with Gasteiger partial charge in [-0.1, -0.05) is 11.6 Å². The fourth-order valence-electron chi connectivity index (χ4n) is 1.72. The van der Waals surface area contributed by atoms with Crippen LogP contribution in [0.15, 0.2) is 34.9 Å². The molecule has 0 aliphatic carbocycles. The zero-order chi connectivity index (χ0) is 10.4. The highest BCUT2D eigenvalue weighted by Crippen LogP contribution is 2.27. The van der Waals surface area contributed by atoms with Crippen LogP contribution >= 0.6 is 27.5 Å². The Morgan fingerprint density at radius 2 is 2.07 bits per heavy atom. The summed E-state index contributed by atoms with van der Waals surface area (Å²) < 4.78 is 0.965. The Balaban J connectivity index is 2.51. The molecule has 3 aromatic rings. The Labute approximate surface area is 99.4 Å². The summed E-state index contributed by atoms with van der Waals surface area (Å²) in [5.41, 5.74) is 3.01. The first kappa shape index (κ1) is 9.19. The summed E-state index contributed by atoms with van der Waals surface area (Å²) in [5, 5.41) is 1.83. The Morgan fingerprint density at radius 3 is 2.93 bits per heavy atom. The Morgan fingerprint density at radius 1 is 1.20 bits per heavy atom. The van der Waals surface area contributed by atoms with E-state index in [9.17, 15) is 0 Å². The molecule has 0 fully saturated rings. The number of nitrogens with one attached hydrogen (secondary N) is 1. The summed E-state index contributed by atoms with van der Waals surface area (Å²) in [6.45, 7) is 0. The van der Waals surface area contributed by atoms with Gasteiger partial charge in [-0.15, -0.1) is 0 Å². The molecule has 2 heterocycles. The smallest absolute Gasteiger partial charge is 0.0958 e. The van der Waals surface area contributed by atoms with Gasteiger partial charge in [0.25, 0.3) is 0 Å². The van der Waals surface area contributed by atoms with Crippen molar-refractivity contribution in [2.45, 2.75) is 0 Å². The van der Waals surface area contributed by atoms with Gasteiger partial charge in [-0.2, -0.15) is 0 Å². The van der Waals surface area contributed by atoms with Gasteiger partial charge in [-0.05, 0) is 40.2 Å². The second-order valence-corrected chi connectivity index (χ2v) is 4.72. The number of halogens is 2. The van der Waals surface area contributed by atoms with Crippen LogP contribution < -0.4 is 0 Å². The number of benzene rings is 1. The van der Waals surface area contributed by atoms with Gasteiger partial charge in [0, 0.05) is 26.6 Å². The van der Waals surface area contributed by atoms with E-state index in [0.717, 1.165) is 31.4 Å². The third-order valence-electron chi connectivity index (χ3n) is 2.36. The van der Waals surface area contributed by atoms with Crippen LogP contribution in [0.1, 0.15) is 0 Å². The van der Waals surface area contributed by atoms with E-state index in [4.69, 9.17) is 11.6 Å². The molecule has 4 heteroatoms. The van der Waals surface area contributed by atoms with Gasteiger partial charge in [0.05, 0.1) is 11.0 Å². The summed E-state index contributed by atoms with van der Waals surface area (Å²) in [5.74, 6) is 0. The van der Waals surface area contributed by atoms with Crippen LogP contribution in [0.4, 0.5) is 0 Å². The van der Waals surface area contributed by atoms with Gasteiger partial charge in [-0.25, -0.2) is 0 Å². The average Bonchev–Trinajstić information content (AvgIpc) is 2.53. The van der Waals surface area contributed by atoms with Crippen molar-refractivity contribution in [2.24, 2.45) is 0 Å². The maximum absolute atomic E-state index is 5.93. The quantitative estimate of drug-likeness (QED) is 0.659. The lowest BCUT2D eigenvalue weighted by atomic mass is 10.2. The molecule has 74 valence electrons. The lowest BCUT2D eigenvalue weighted by molar-refractivity contribution is 1.39. The second-order valence-electron chi connectivity index (χ2n) is 3.36. The number of rotatable bonds is 0. The van der Waals surface area contributed by atoms with Crippen molar-refractivity contribution < 1.29 is 0 Å². The van der Waals surface area contributed by atoms with E-state index in [0.29, 0.717) is 0 Å². The fourth-order valence-corrected chi connectivity index (χ4v) is 2.22. The average molecular weight is 282 g/mol. The molecule has 0 bridgehead atoms. The van der Waals surface area contributed by atoms with E-state index in [2.05, 4.69) is 25.9 Å². The second kappa shape index (κ2) is 3.22. The number of H-pyrrole nitrogens is 1. The van der Waals surface area contributed by atoms with Crippen molar-refractivity contribution in [3.63, 3.8) is 0 Å². The first-order valence-corrected chi connectivity index (χ1v) is 5.63. The van der Waals surface area contributed by atoms with Gasteiger partial charge in [0.2, 0.25) is 0 Å². The molecule has 1 N–H and O–H groups in total. The molecule has 0 atom stereocenters. The molecule has 0 unspecified atom stereocenters. The number of hydrogen-bond acceptors (Lipinski definition) is 1. The minimum atomic E-state index is 0.730. The largest absolute Gasteiger partial charge is 0.353 e. The zero-order valence-corrected chi connectivity index (χ0v) is 9.93. The minimum Gasteiger partial charge on any atom is -0.353 e. The highest BCUT2D eigenvalue weighted by Gasteiger charge is 2.05. The van der Waals surface area contributed by atoms with Crippen LogP contribution in [-0.2, 0) is 0 Å². The van der Waals surface area contributed by atoms with E-state index < -0.39 is 0 Å². The van der Waals surface area contributed by atoms with E-state index in [-0.39, 0.29) is 0 Å². The first-order valence-electron chi connectivity index (χ1n) is 4.46. The monoisotopic (exact) mass is 280 g/mol. The SMILES string of the molecule is Clc1ccc2c(c1)[nH]c1cc(Br)cnc12. The maximum Gasteiger partial charge on any atom is 0.0958 e. The summed E-state index contributed by atoms with van der Waals surface area (Å²) in [4.78, 5) is 7.66. The Hall–Kier alpha value is -1.06.